The number of carbonyl (C=O) groups excluding carboxylic acids is 1. The summed E-state index contributed by atoms with van der Waals surface area (Å²) in [5.74, 6) is -2.85. The van der Waals surface area contributed by atoms with Crippen molar-refractivity contribution in [2.75, 3.05) is 20.3 Å². The molecule has 0 aliphatic carbocycles. The first-order valence-electron chi connectivity index (χ1n) is 10.6. The summed E-state index contributed by atoms with van der Waals surface area (Å²) in [7, 11) is 1.33. The number of carbonyl (C=O) groups is 1. The highest BCUT2D eigenvalue weighted by Gasteiger charge is 2.53. The highest BCUT2D eigenvalue weighted by Crippen LogP contribution is 2.39. The Hall–Kier alpha value is -3.40. The molecule has 176 valence electrons. The maximum Gasteiger partial charge on any atom is 0.408 e. The number of halogens is 2. The van der Waals surface area contributed by atoms with E-state index in [9.17, 15) is 13.6 Å². The third-order valence-electron chi connectivity index (χ3n) is 5.80. The molecule has 0 bridgehead atoms. The van der Waals surface area contributed by atoms with E-state index in [1.54, 1.807) is 11.8 Å². The monoisotopic (exact) mass is 460 g/mol. The first-order chi connectivity index (χ1) is 15.9. The maximum absolute atomic E-state index is 15.0. The van der Waals surface area contributed by atoms with Crippen LogP contribution in [0.3, 0.4) is 0 Å². The Morgan fingerprint density at radius 1 is 1.27 bits per heavy atom. The molecule has 0 saturated carbocycles. The van der Waals surface area contributed by atoms with Crippen LogP contribution in [0.4, 0.5) is 13.6 Å². The van der Waals surface area contributed by atoms with Gasteiger partial charge < -0.3 is 24.4 Å². The van der Waals surface area contributed by atoms with Gasteiger partial charge in [0.2, 0.25) is 5.85 Å². The van der Waals surface area contributed by atoms with Gasteiger partial charge in [0.15, 0.2) is 5.84 Å². The summed E-state index contributed by atoms with van der Waals surface area (Å²) < 4.78 is 46.0. The molecule has 2 aromatic rings. The van der Waals surface area contributed by atoms with Gasteiger partial charge in [0, 0.05) is 43.7 Å². The fourth-order valence-corrected chi connectivity index (χ4v) is 4.23. The lowest BCUT2D eigenvalue weighted by atomic mass is 9.92. The number of benzene rings is 2. The molecule has 2 aliphatic rings. The van der Waals surface area contributed by atoms with E-state index in [0.717, 1.165) is 17.7 Å². The van der Waals surface area contributed by atoms with E-state index < -0.39 is 35.5 Å². The standard InChI is InChI=1S/C23H26F2N4O4/c1-4-33-23(2)28-27-21-20(26-22(30)32-13-14-8-6-5-7-9-14)16(12-29(21)23)19-17(24)10-15(31-3)11-18(19)25/h5-11,16,20,28H,4,12-13H2,1-3H3,(H,26,30)/t16-,20-,23?/m0/s1. The van der Waals surface area contributed by atoms with Crippen molar-refractivity contribution in [3.63, 3.8) is 0 Å². The Morgan fingerprint density at radius 2 is 1.97 bits per heavy atom. The summed E-state index contributed by atoms with van der Waals surface area (Å²) in [6.45, 7) is 4.20. The lowest BCUT2D eigenvalue weighted by Gasteiger charge is -2.33. The quantitative estimate of drug-likeness (QED) is 0.660. The second-order valence-electron chi connectivity index (χ2n) is 7.90. The molecule has 2 N–H and O–H groups in total. The molecule has 0 radical (unpaired) electrons. The van der Waals surface area contributed by atoms with Crippen LogP contribution < -0.4 is 15.5 Å². The van der Waals surface area contributed by atoms with E-state index in [-0.39, 0.29) is 24.5 Å². The third-order valence-corrected chi connectivity index (χ3v) is 5.80. The third kappa shape index (κ3) is 4.43. The molecule has 1 amide bonds. The van der Waals surface area contributed by atoms with Crippen molar-refractivity contribution in [1.29, 1.82) is 0 Å². The molecule has 3 atom stereocenters. The predicted octanol–water partition coefficient (Wildman–Crippen LogP) is 3.29. The van der Waals surface area contributed by atoms with Gasteiger partial charge >= 0.3 is 6.09 Å². The molecule has 2 aliphatic heterocycles. The van der Waals surface area contributed by atoms with Crippen LogP contribution >= 0.6 is 0 Å². The summed E-state index contributed by atoms with van der Waals surface area (Å²) >= 11 is 0. The fourth-order valence-electron chi connectivity index (χ4n) is 4.23. The smallest absolute Gasteiger partial charge is 0.408 e. The van der Waals surface area contributed by atoms with Crippen molar-refractivity contribution >= 4 is 11.9 Å². The predicted molar refractivity (Wildman–Crippen MR) is 117 cm³/mol. The molecular weight excluding hydrogens is 434 g/mol. The molecule has 8 nitrogen and oxygen atoms in total. The highest BCUT2D eigenvalue weighted by atomic mass is 19.1. The first kappa shape index (κ1) is 22.8. The number of nitrogens with zero attached hydrogens (tertiary/aromatic N) is 2. The fraction of sp³-hybridized carbons (Fsp3) is 0.391. The number of amides is 1. The molecule has 1 fully saturated rings. The van der Waals surface area contributed by atoms with Crippen LogP contribution in [0.1, 0.15) is 30.9 Å². The van der Waals surface area contributed by atoms with Crippen LogP contribution in [0.25, 0.3) is 0 Å². The molecule has 4 rings (SSSR count). The van der Waals surface area contributed by atoms with E-state index in [4.69, 9.17) is 14.2 Å². The SMILES string of the molecule is CCOC1(C)NN=C2[C@@H](NC(=O)OCc3ccccc3)[C@H](c3c(F)cc(OC)cc3F)CN21. The van der Waals surface area contributed by atoms with Crippen molar-refractivity contribution in [2.45, 2.75) is 38.3 Å². The minimum Gasteiger partial charge on any atom is -0.497 e. The van der Waals surface area contributed by atoms with Gasteiger partial charge in [-0.3, -0.25) is 5.43 Å². The van der Waals surface area contributed by atoms with Gasteiger partial charge in [-0.1, -0.05) is 30.3 Å². The van der Waals surface area contributed by atoms with Gasteiger partial charge in [-0.2, -0.15) is 5.10 Å². The number of ether oxygens (including phenoxy) is 3. The second-order valence-corrected chi connectivity index (χ2v) is 7.90. The number of rotatable bonds is 7. The number of hydrogen-bond acceptors (Lipinski definition) is 7. The molecule has 33 heavy (non-hydrogen) atoms. The number of amidine groups is 1. The summed E-state index contributed by atoms with van der Waals surface area (Å²) in [4.78, 5) is 14.4. The van der Waals surface area contributed by atoms with Gasteiger partial charge in [-0.25, -0.2) is 13.6 Å². The van der Waals surface area contributed by atoms with Crippen molar-refractivity contribution in [2.24, 2.45) is 5.10 Å². The summed E-state index contributed by atoms with van der Waals surface area (Å²) in [5, 5.41) is 7.06. The van der Waals surface area contributed by atoms with Gasteiger partial charge in [0.05, 0.1) is 7.11 Å². The minimum absolute atomic E-state index is 0.0560. The largest absolute Gasteiger partial charge is 0.497 e. The van der Waals surface area contributed by atoms with E-state index in [1.165, 1.54) is 7.11 Å². The van der Waals surface area contributed by atoms with Crippen molar-refractivity contribution in [1.82, 2.24) is 15.6 Å². The Balaban J connectivity index is 1.61. The van der Waals surface area contributed by atoms with Crippen molar-refractivity contribution in [3.05, 3.63) is 65.2 Å². The second kappa shape index (κ2) is 9.22. The molecule has 0 aromatic heterocycles. The highest BCUT2D eigenvalue weighted by molar-refractivity contribution is 5.94. The van der Waals surface area contributed by atoms with Gasteiger partial charge in [0.1, 0.15) is 30.0 Å². The number of fused-ring (bicyclic) bond motifs is 1. The van der Waals surface area contributed by atoms with Crippen LogP contribution in [0.2, 0.25) is 0 Å². The molecule has 2 heterocycles. The van der Waals surface area contributed by atoms with E-state index in [2.05, 4.69) is 15.8 Å². The number of alkyl carbamates (subject to hydrolysis) is 1. The number of methoxy groups -OCH3 is 1. The molecular formula is C23H26F2N4O4. The molecule has 2 aromatic carbocycles. The van der Waals surface area contributed by atoms with Crippen molar-refractivity contribution < 1.29 is 27.8 Å². The van der Waals surface area contributed by atoms with Gasteiger partial charge in [0.25, 0.3) is 0 Å². The Labute approximate surface area is 190 Å². The Kier molecular flexibility index (Phi) is 6.37. The van der Waals surface area contributed by atoms with Crippen LogP contribution in [-0.2, 0) is 16.1 Å². The molecule has 1 saturated heterocycles. The first-order valence-corrected chi connectivity index (χ1v) is 10.6. The zero-order valence-corrected chi connectivity index (χ0v) is 18.6. The van der Waals surface area contributed by atoms with E-state index in [1.807, 2.05) is 37.3 Å². The van der Waals surface area contributed by atoms with Crippen molar-refractivity contribution in [3.8, 4) is 5.75 Å². The van der Waals surface area contributed by atoms with Crippen LogP contribution in [0.15, 0.2) is 47.6 Å². The van der Waals surface area contributed by atoms with Crippen LogP contribution in [-0.4, -0.2) is 49.0 Å². The maximum atomic E-state index is 15.0. The molecule has 10 heteroatoms. The number of hydrazone groups is 1. The van der Waals surface area contributed by atoms with E-state index in [0.29, 0.717) is 12.4 Å². The number of hydrogen-bond donors (Lipinski definition) is 2. The molecule has 1 unspecified atom stereocenters. The lowest BCUT2D eigenvalue weighted by molar-refractivity contribution is -0.120. The van der Waals surface area contributed by atoms with Gasteiger partial charge in [-0.15, -0.1) is 0 Å². The Bertz CT molecular complexity index is 1030. The normalized spacial score (nSPS) is 23.5. The average molecular weight is 460 g/mol. The van der Waals surface area contributed by atoms with Gasteiger partial charge in [-0.05, 0) is 12.5 Å². The van der Waals surface area contributed by atoms with E-state index >= 15 is 0 Å². The number of nitrogens with one attached hydrogen (secondary N) is 2. The molecule has 0 spiro atoms. The minimum atomic E-state index is -1.01. The summed E-state index contributed by atoms with van der Waals surface area (Å²) in [6.07, 6.45) is -0.724. The average Bonchev–Trinajstić information content (AvgIpc) is 3.30. The van der Waals surface area contributed by atoms with Crippen LogP contribution in [0.5, 0.6) is 5.75 Å². The lowest BCUT2D eigenvalue weighted by Crippen LogP contribution is -2.53. The topological polar surface area (TPSA) is 84.4 Å². The zero-order valence-electron chi connectivity index (χ0n) is 18.6. The van der Waals surface area contributed by atoms with Crippen LogP contribution in [0, 0.1) is 11.6 Å². The summed E-state index contributed by atoms with van der Waals surface area (Å²) in [6, 6.07) is 10.6. The zero-order chi connectivity index (χ0) is 23.6. The summed E-state index contributed by atoms with van der Waals surface area (Å²) in [5.41, 5.74) is 3.56. The Morgan fingerprint density at radius 3 is 2.61 bits per heavy atom.